The smallest absolute Gasteiger partial charge is 0.166 e. The molecule has 1 unspecified atom stereocenters. The molecule has 0 aliphatic heterocycles. The molecule has 1 aromatic rings. The molecule has 1 aromatic carbocycles. The third kappa shape index (κ3) is 3.51. The van der Waals surface area contributed by atoms with Crippen LogP contribution >= 0.6 is 0 Å². The Morgan fingerprint density at radius 1 is 0.957 bits per heavy atom. The first kappa shape index (κ1) is 16.7. The normalized spacial score (nSPS) is 28.5. The van der Waals surface area contributed by atoms with Crippen molar-refractivity contribution < 1.29 is 8.78 Å². The lowest BCUT2D eigenvalue weighted by Crippen LogP contribution is -2.22. The van der Waals surface area contributed by atoms with Crippen LogP contribution in [0.4, 0.5) is 8.78 Å². The fourth-order valence-electron chi connectivity index (χ4n) is 4.39. The predicted octanol–water partition coefficient (Wildman–Crippen LogP) is 6.54. The van der Waals surface area contributed by atoms with E-state index >= 15 is 0 Å². The molecule has 0 bridgehead atoms. The lowest BCUT2D eigenvalue weighted by atomic mass is 9.71. The molecule has 0 amide bonds. The first-order chi connectivity index (χ1) is 11.1. The summed E-state index contributed by atoms with van der Waals surface area (Å²) in [6.07, 6.45) is 11.2. The molecule has 1 fully saturated rings. The van der Waals surface area contributed by atoms with E-state index in [-0.39, 0.29) is 0 Å². The van der Waals surface area contributed by atoms with Gasteiger partial charge in [0.1, 0.15) is 0 Å². The highest BCUT2D eigenvalue weighted by Gasteiger charge is 2.28. The van der Waals surface area contributed by atoms with Gasteiger partial charge in [0.25, 0.3) is 0 Å². The number of hydrogen-bond donors (Lipinski definition) is 0. The Balaban J connectivity index is 1.71. The molecule has 3 rings (SSSR count). The zero-order valence-corrected chi connectivity index (χ0v) is 14.4. The Labute approximate surface area is 139 Å². The Morgan fingerprint density at radius 3 is 2.30 bits per heavy atom. The molecule has 2 aliphatic rings. The second kappa shape index (κ2) is 7.15. The van der Waals surface area contributed by atoms with Gasteiger partial charge in [0.2, 0.25) is 0 Å². The average Bonchev–Trinajstić information content (AvgIpc) is 2.58. The Kier molecular flexibility index (Phi) is 5.18. The first-order valence-electron chi connectivity index (χ1n) is 9.26. The van der Waals surface area contributed by atoms with E-state index in [4.69, 9.17) is 0 Å². The van der Waals surface area contributed by atoms with Crippen molar-refractivity contribution >= 4 is 5.57 Å². The molecule has 0 spiro atoms. The lowest BCUT2D eigenvalue weighted by molar-refractivity contribution is 0.202. The van der Waals surface area contributed by atoms with Crippen LogP contribution in [0.15, 0.2) is 18.2 Å². The van der Waals surface area contributed by atoms with E-state index in [0.717, 1.165) is 42.6 Å². The summed E-state index contributed by atoms with van der Waals surface area (Å²) in [6, 6.07) is 3.51. The highest BCUT2D eigenvalue weighted by atomic mass is 19.2. The second-order valence-corrected chi connectivity index (χ2v) is 7.54. The summed E-state index contributed by atoms with van der Waals surface area (Å²) in [4.78, 5) is 0. The maximum atomic E-state index is 14.3. The van der Waals surface area contributed by atoms with Crippen molar-refractivity contribution in [3.05, 3.63) is 41.0 Å². The number of rotatable bonds is 3. The molecule has 2 heteroatoms. The molecule has 0 saturated heterocycles. The van der Waals surface area contributed by atoms with E-state index in [0.29, 0.717) is 17.5 Å². The molecular formula is C21H28F2. The van der Waals surface area contributed by atoms with Crippen LogP contribution in [0.25, 0.3) is 5.57 Å². The average molecular weight is 318 g/mol. The zero-order chi connectivity index (χ0) is 16.4. The van der Waals surface area contributed by atoms with Crippen LogP contribution in [-0.4, -0.2) is 0 Å². The summed E-state index contributed by atoms with van der Waals surface area (Å²) in [5.74, 6) is 1.16. The highest BCUT2D eigenvalue weighted by Crippen LogP contribution is 2.41. The first-order valence-corrected chi connectivity index (χ1v) is 9.26. The van der Waals surface area contributed by atoms with Crippen molar-refractivity contribution in [3.8, 4) is 0 Å². The van der Waals surface area contributed by atoms with E-state index in [9.17, 15) is 8.78 Å². The summed E-state index contributed by atoms with van der Waals surface area (Å²) >= 11 is 0. The molecule has 23 heavy (non-hydrogen) atoms. The Bertz CT molecular complexity index is 580. The van der Waals surface area contributed by atoms with Crippen molar-refractivity contribution in [1.29, 1.82) is 0 Å². The third-order valence-electron chi connectivity index (χ3n) is 6.07. The lowest BCUT2D eigenvalue weighted by Gasteiger charge is -2.34. The van der Waals surface area contributed by atoms with E-state index in [1.807, 2.05) is 6.92 Å². The maximum Gasteiger partial charge on any atom is 0.166 e. The van der Waals surface area contributed by atoms with Gasteiger partial charge in [-0.1, -0.05) is 44.9 Å². The molecule has 0 nitrogen and oxygen atoms in total. The minimum atomic E-state index is -0.658. The van der Waals surface area contributed by atoms with Crippen molar-refractivity contribution in [2.75, 3.05) is 0 Å². The molecule has 0 N–H and O–H groups in total. The van der Waals surface area contributed by atoms with Crippen LogP contribution in [0.5, 0.6) is 0 Å². The van der Waals surface area contributed by atoms with Crippen molar-refractivity contribution in [1.82, 2.24) is 0 Å². The number of benzene rings is 1. The van der Waals surface area contributed by atoms with Gasteiger partial charge in [-0.25, -0.2) is 8.78 Å². The van der Waals surface area contributed by atoms with Crippen LogP contribution in [0.1, 0.15) is 69.9 Å². The van der Waals surface area contributed by atoms with Crippen molar-refractivity contribution in [2.24, 2.45) is 17.8 Å². The van der Waals surface area contributed by atoms with Crippen LogP contribution in [0, 0.1) is 29.4 Å². The molecular weight excluding hydrogens is 290 g/mol. The van der Waals surface area contributed by atoms with Gasteiger partial charge >= 0.3 is 0 Å². The van der Waals surface area contributed by atoms with E-state index in [2.05, 4.69) is 13.0 Å². The van der Waals surface area contributed by atoms with Crippen LogP contribution in [0.3, 0.4) is 0 Å². The molecule has 1 saturated carbocycles. The van der Waals surface area contributed by atoms with Gasteiger partial charge in [0.15, 0.2) is 11.6 Å². The third-order valence-corrected chi connectivity index (χ3v) is 6.07. The molecule has 126 valence electrons. The summed E-state index contributed by atoms with van der Waals surface area (Å²) in [6.45, 7) is 4.21. The maximum absolute atomic E-state index is 14.3. The highest BCUT2D eigenvalue weighted by molar-refractivity contribution is 5.67. The Hall–Kier alpha value is -1.18. The van der Waals surface area contributed by atoms with E-state index < -0.39 is 11.6 Å². The standard InChI is InChI=1S/C21H28F2/c1-3-15-12-13-19(21(23)20(15)22)18-10-8-17(9-11-18)16-6-4-14(2)5-7-16/h10,12-14,16-17H,3-9,11H2,1-2H3. The fourth-order valence-corrected chi connectivity index (χ4v) is 4.39. The summed E-state index contributed by atoms with van der Waals surface area (Å²) in [5.41, 5.74) is 1.96. The van der Waals surface area contributed by atoms with Crippen molar-refractivity contribution in [3.63, 3.8) is 0 Å². The number of hydrogen-bond acceptors (Lipinski definition) is 0. The van der Waals surface area contributed by atoms with E-state index in [1.54, 1.807) is 12.1 Å². The quantitative estimate of drug-likeness (QED) is 0.594. The van der Waals surface area contributed by atoms with Gasteiger partial charge in [0, 0.05) is 5.56 Å². The van der Waals surface area contributed by atoms with Crippen LogP contribution in [0.2, 0.25) is 0 Å². The number of aryl methyl sites for hydroxylation is 1. The summed E-state index contributed by atoms with van der Waals surface area (Å²) < 4.78 is 28.3. The second-order valence-electron chi connectivity index (χ2n) is 7.54. The Morgan fingerprint density at radius 2 is 1.70 bits per heavy atom. The fraction of sp³-hybridized carbons (Fsp3) is 0.619. The molecule has 0 heterocycles. The van der Waals surface area contributed by atoms with Gasteiger partial charge in [0.05, 0.1) is 0 Å². The van der Waals surface area contributed by atoms with Crippen LogP contribution in [-0.2, 0) is 6.42 Å². The number of allylic oxidation sites excluding steroid dienone is 2. The minimum Gasteiger partial charge on any atom is -0.203 e. The predicted molar refractivity (Wildman–Crippen MR) is 92.2 cm³/mol. The molecule has 0 aromatic heterocycles. The number of halogens is 2. The van der Waals surface area contributed by atoms with Gasteiger partial charge in [-0.2, -0.15) is 0 Å². The molecule has 0 radical (unpaired) electrons. The van der Waals surface area contributed by atoms with Gasteiger partial charge in [-0.05, 0) is 67.4 Å². The molecule has 1 atom stereocenters. The van der Waals surface area contributed by atoms with Gasteiger partial charge < -0.3 is 0 Å². The minimum absolute atomic E-state index is 0.469. The van der Waals surface area contributed by atoms with Gasteiger partial charge in [-0.3, -0.25) is 0 Å². The van der Waals surface area contributed by atoms with Crippen LogP contribution < -0.4 is 0 Å². The summed E-state index contributed by atoms with van der Waals surface area (Å²) in [7, 11) is 0. The van der Waals surface area contributed by atoms with Gasteiger partial charge in [-0.15, -0.1) is 0 Å². The molecule has 2 aliphatic carbocycles. The summed E-state index contributed by atoms with van der Waals surface area (Å²) in [5, 5.41) is 0. The van der Waals surface area contributed by atoms with E-state index in [1.165, 1.54) is 25.7 Å². The van der Waals surface area contributed by atoms with Crippen molar-refractivity contribution in [2.45, 2.75) is 65.2 Å². The SMILES string of the molecule is CCc1ccc(C2=CCC(C3CCC(C)CC3)CC2)c(F)c1F. The topological polar surface area (TPSA) is 0 Å². The monoisotopic (exact) mass is 318 g/mol. The largest absolute Gasteiger partial charge is 0.203 e. The zero-order valence-electron chi connectivity index (χ0n) is 14.4.